The number of para-hydroxylation sites is 2. The molecule has 0 atom stereocenters. The monoisotopic (exact) mass is 298 g/mol. The fourth-order valence-corrected chi connectivity index (χ4v) is 2.32. The molecule has 0 aliphatic heterocycles. The Morgan fingerprint density at radius 2 is 1.45 bits per heavy atom. The molecule has 0 aliphatic carbocycles. The zero-order chi connectivity index (χ0) is 15.5. The van der Waals surface area contributed by atoms with Crippen molar-refractivity contribution in [3.63, 3.8) is 0 Å². The van der Waals surface area contributed by atoms with Crippen molar-refractivity contribution < 1.29 is 13.9 Å². The molecule has 0 fully saturated rings. The number of halogens is 1. The average molecular weight is 298 g/mol. The highest BCUT2D eigenvalue weighted by molar-refractivity contribution is 5.78. The van der Waals surface area contributed by atoms with Crippen LogP contribution in [0.15, 0.2) is 48.5 Å². The second-order valence-electron chi connectivity index (χ2n) is 4.76. The van der Waals surface area contributed by atoms with Gasteiger partial charge in [-0.05, 0) is 36.4 Å². The molecule has 112 valence electrons. The van der Waals surface area contributed by atoms with E-state index >= 15 is 0 Å². The van der Waals surface area contributed by atoms with Gasteiger partial charge in [0, 0.05) is 19.8 Å². The van der Waals surface area contributed by atoms with E-state index in [0.29, 0.717) is 11.4 Å². The molecule has 3 rings (SSSR count). The molecule has 0 aliphatic rings. The maximum atomic E-state index is 13.2. The van der Waals surface area contributed by atoms with E-state index in [-0.39, 0.29) is 5.82 Å². The predicted octanol–water partition coefficient (Wildman–Crippen LogP) is 3.73. The van der Waals surface area contributed by atoms with Gasteiger partial charge in [-0.3, -0.25) is 0 Å². The van der Waals surface area contributed by atoms with Gasteiger partial charge >= 0.3 is 0 Å². The Bertz CT molecular complexity index is 786. The summed E-state index contributed by atoms with van der Waals surface area (Å²) in [7, 11) is 3.08. The molecule has 22 heavy (non-hydrogen) atoms. The number of hydrogen-bond donors (Lipinski definition) is 0. The van der Waals surface area contributed by atoms with Crippen LogP contribution in [-0.2, 0) is 9.47 Å². The molecule has 0 unspecified atom stereocenters. The molecule has 0 spiro atoms. The summed E-state index contributed by atoms with van der Waals surface area (Å²) in [5.74, 6) is -0.297. The first-order chi connectivity index (χ1) is 10.7. The van der Waals surface area contributed by atoms with Crippen molar-refractivity contribution in [3.05, 3.63) is 60.0 Å². The molecule has 4 nitrogen and oxygen atoms in total. The minimum atomic E-state index is -0.642. The number of benzene rings is 2. The molecule has 0 N–H and O–H groups in total. The van der Waals surface area contributed by atoms with E-state index in [2.05, 4.69) is 9.97 Å². The highest BCUT2D eigenvalue weighted by atomic mass is 19.1. The Morgan fingerprint density at radius 1 is 0.864 bits per heavy atom. The summed E-state index contributed by atoms with van der Waals surface area (Å²) in [5, 5.41) is 0. The van der Waals surface area contributed by atoms with Crippen molar-refractivity contribution in [1.29, 1.82) is 0 Å². The van der Waals surface area contributed by atoms with Crippen LogP contribution in [0.3, 0.4) is 0 Å². The molecule has 5 heteroatoms. The van der Waals surface area contributed by atoms with E-state index < -0.39 is 6.29 Å². The van der Waals surface area contributed by atoms with Crippen molar-refractivity contribution in [3.8, 4) is 11.3 Å². The van der Waals surface area contributed by atoms with Crippen molar-refractivity contribution in [1.82, 2.24) is 9.97 Å². The smallest absolute Gasteiger partial charge is 0.202 e. The number of aromatic nitrogens is 2. The van der Waals surface area contributed by atoms with E-state index in [4.69, 9.17) is 9.47 Å². The number of fused-ring (bicyclic) bond motifs is 1. The van der Waals surface area contributed by atoms with Crippen LogP contribution in [0.1, 0.15) is 12.0 Å². The number of methoxy groups -OCH3 is 2. The van der Waals surface area contributed by atoms with Gasteiger partial charge in [-0.15, -0.1) is 0 Å². The van der Waals surface area contributed by atoms with Gasteiger partial charge < -0.3 is 9.47 Å². The highest BCUT2D eigenvalue weighted by Crippen LogP contribution is 2.29. The van der Waals surface area contributed by atoms with Crippen LogP contribution >= 0.6 is 0 Å². The topological polar surface area (TPSA) is 44.2 Å². The normalized spacial score (nSPS) is 11.3. The zero-order valence-corrected chi connectivity index (χ0v) is 12.3. The van der Waals surface area contributed by atoms with Gasteiger partial charge in [0.15, 0.2) is 0 Å². The van der Waals surface area contributed by atoms with Crippen LogP contribution in [0.25, 0.3) is 22.3 Å². The fraction of sp³-hybridized carbons (Fsp3) is 0.176. The Morgan fingerprint density at radius 3 is 2.05 bits per heavy atom. The van der Waals surface area contributed by atoms with Gasteiger partial charge in [0.05, 0.1) is 16.7 Å². The van der Waals surface area contributed by atoms with E-state index in [1.807, 2.05) is 24.3 Å². The molecule has 0 saturated heterocycles. The number of nitrogens with zero attached hydrogens (tertiary/aromatic N) is 2. The van der Waals surface area contributed by atoms with Crippen molar-refractivity contribution >= 4 is 11.0 Å². The Hall–Kier alpha value is -2.37. The van der Waals surface area contributed by atoms with Crippen molar-refractivity contribution in [2.45, 2.75) is 6.29 Å². The number of ether oxygens (including phenoxy) is 2. The molecule has 0 radical (unpaired) electrons. The third-order valence-corrected chi connectivity index (χ3v) is 3.37. The zero-order valence-electron chi connectivity index (χ0n) is 12.3. The van der Waals surface area contributed by atoms with Gasteiger partial charge in [-0.1, -0.05) is 12.1 Å². The lowest BCUT2D eigenvalue weighted by Crippen LogP contribution is -2.09. The third-order valence-electron chi connectivity index (χ3n) is 3.37. The second kappa shape index (κ2) is 6.17. The van der Waals surface area contributed by atoms with Crippen molar-refractivity contribution in [2.75, 3.05) is 14.2 Å². The summed E-state index contributed by atoms with van der Waals surface area (Å²) in [5.41, 5.74) is 3.45. The first-order valence-corrected chi connectivity index (χ1v) is 6.81. The van der Waals surface area contributed by atoms with Crippen LogP contribution in [0, 0.1) is 5.82 Å². The first kappa shape index (κ1) is 14.6. The molecule has 0 saturated carbocycles. The lowest BCUT2D eigenvalue weighted by atomic mass is 10.1. The molecule has 0 bridgehead atoms. The number of hydrogen-bond acceptors (Lipinski definition) is 4. The highest BCUT2D eigenvalue weighted by Gasteiger charge is 2.19. The average Bonchev–Trinajstić information content (AvgIpc) is 2.56. The maximum absolute atomic E-state index is 13.2. The van der Waals surface area contributed by atoms with Gasteiger partial charge in [-0.25, -0.2) is 14.4 Å². The van der Waals surface area contributed by atoms with Gasteiger partial charge in [-0.2, -0.15) is 0 Å². The van der Waals surface area contributed by atoms with E-state index in [1.165, 1.54) is 12.1 Å². The summed E-state index contributed by atoms with van der Waals surface area (Å²) >= 11 is 0. The SMILES string of the molecule is COC(OC)c1nc2ccccc2nc1-c1ccc(F)cc1. The van der Waals surface area contributed by atoms with Crippen LogP contribution in [0.2, 0.25) is 0 Å². The molecule has 2 aromatic carbocycles. The van der Waals surface area contributed by atoms with Crippen LogP contribution in [0.4, 0.5) is 4.39 Å². The van der Waals surface area contributed by atoms with Crippen LogP contribution < -0.4 is 0 Å². The Labute approximate surface area is 127 Å². The van der Waals surface area contributed by atoms with Crippen LogP contribution in [-0.4, -0.2) is 24.2 Å². The van der Waals surface area contributed by atoms with Crippen LogP contribution in [0.5, 0.6) is 0 Å². The van der Waals surface area contributed by atoms with E-state index in [9.17, 15) is 4.39 Å². The maximum Gasteiger partial charge on any atom is 0.202 e. The van der Waals surface area contributed by atoms with E-state index in [0.717, 1.165) is 16.6 Å². The summed E-state index contributed by atoms with van der Waals surface area (Å²) in [6.07, 6.45) is -0.642. The molecule has 0 amide bonds. The summed E-state index contributed by atoms with van der Waals surface area (Å²) in [6, 6.07) is 13.7. The molecular formula is C17H15FN2O2. The fourth-order valence-electron chi connectivity index (χ4n) is 2.32. The lowest BCUT2D eigenvalue weighted by molar-refractivity contribution is -0.108. The predicted molar refractivity (Wildman–Crippen MR) is 81.7 cm³/mol. The first-order valence-electron chi connectivity index (χ1n) is 6.81. The minimum Gasteiger partial charge on any atom is -0.350 e. The molecule has 1 aromatic heterocycles. The molecular weight excluding hydrogens is 283 g/mol. The standard InChI is InChI=1S/C17H15FN2O2/c1-21-17(22-2)16-15(11-7-9-12(18)10-8-11)19-13-5-3-4-6-14(13)20-16/h3-10,17H,1-2H3. The Balaban J connectivity index is 2.24. The molecule has 3 aromatic rings. The van der Waals surface area contributed by atoms with Gasteiger partial charge in [0.1, 0.15) is 11.5 Å². The summed E-state index contributed by atoms with van der Waals surface area (Å²) in [6.45, 7) is 0. The molecule has 1 heterocycles. The van der Waals surface area contributed by atoms with E-state index in [1.54, 1.807) is 26.4 Å². The summed E-state index contributed by atoms with van der Waals surface area (Å²) < 4.78 is 23.8. The second-order valence-corrected chi connectivity index (χ2v) is 4.76. The lowest BCUT2D eigenvalue weighted by Gasteiger charge is -2.17. The quantitative estimate of drug-likeness (QED) is 0.688. The minimum absolute atomic E-state index is 0.297. The van der Waals surface area contributed by atoms with Gasteiger partial charge in [0.25, 0.3) is 0 Å². The number of rotatable bonds is 4. The third kappa shape index (κ3) is 2.68. The van der Waals surface area contributed by atoms with Crippen molar-refractivity contribution in [2.24, 2.45) is 0 Å². The summed E-state index contributed by atoms with van der Waals surface area (Å²) in [4.78, 5) is 9.26. The largest absolute Gasteiger partial charge is 0.350 e. The Kier molecular flexibility index (Phi) is 4.09. The van der Waals surface area contributed by atoms with Gasteiger partial charge in [0.2, 0.25) is 6.29 Å².